The summed E-state index contributed by atoms with van der Waals surface area (Å²) in [5.41, 5.74) is 9.75. The number of ether oxygens (including phenoxy) is 1. The maximum atomic E-state index is 12.6. The Morgan fingerprint density at radius 1 is 1.12 bits per heavy atom. The summed E-state index contributed by atoms with van der Waals surface area (Å²) in [6.45, 7) is 5.47. The molecule has 1 aliphatic heterocycles. The molecule has 174 valence electrons. The fourth-order valence-corrected chi connectivity index (χ4v) is 4.04. The first-order chi connectivity index (χ1) is 16.5. The third-order valence-electron chi connectivity index (χ3n) is 5.66. The normalized spacial score (nSPS) is 15.9. The molecule has 1 atom stereocenters. The number of nitrogen functional groups attached to an aromatic ring is 1. The number of morpholine rings is 1. The highest BCUT2D eigenvalue weighted by atomic mass is 16.5. The van der Waals surface area contributed by atoms with Crippen molar-refractivity contribution >= 4 is 34.7 Å². The molecule has 34 heavy (non-hydrogen) atoms. The molecule has 4 heterocycles. The molecule has 5 rings (SSSR count). The van der Waals surface area contributed by atoms with Gasteiger partial charge >= 0.3 is 6.03 Å². The summed E-state index contributed by atoms with van der Waals surface area (Å²) in [7, 11) is 0. The highest BCUT2D eigenvalue weighted by molar-refractivity contribution is 5.90. The summed E-state index contributed by atoms with van der Waals surface area (Å²) in [5, 5.41) is 6.33. The van der Waals surface area contributed by atoms with Crippen LogP contribution in [0, 0.1) is 6.92 Å². The van der Waals surface area contributed by atoms with Gasteiger partial charge in [0.05, 0.1) is 24.9 Å². The molecule has 1 fully saturated rings. The molecule has 4 aromatic rings. The van der Waals surface area contributed by atoms with Crippen molar-refractivity contribution in [3.8, 4) is 11.4 Å². The zero-order valence-corrected chi connectivity index (χ0v) is 19.0. The van der Waals surface area contributed by atoms with Crippen LogP contribution in [0.25, 0.3) is 17.0 Å². The number of urea groups is 1. The first-order valence-electron chi connectivity index (χ1n) is 11.1. The van der Waals surface area contributed by atoms with Crippen molar-refractivity contribution in [1.29, 1.82) is 0 Å². The number of nitrogens with one attached hydrogen (secondary N) is 2. The molecule has 0 bridgehead atoms. The van der Waals surface area contributed by atoms with E-state index in [9.17, 15) is 4.79 Å². The molecular weight excluding hydrogens is 432 g/mol. The predicted molar refractivity (Wildman–Crippen MR) is 131 cm³/mol. The highest BCUT2D eigenvalue weighted by Gasteiger charge is 2.23. The Hall–Kier alpha value is -4.18. The van der Waals surface area contributed by atoms with Gasteiger partial charge in [0.1, 0.15) is 23.0 Å². The number of aryl methyl sites for hydroxylation is 1. The van der Waals surface area contributed by atoms with E-state index >= 15 is 0 Å². The molecule has 1 aliphatic rings. The van der Waals surface area contributed by atoms with Crippen molar-refractivity contribution in [2.75, 3.05) is 36.1 Å². The molecule has 2 amide bonds. The second-order valence-corrected chi connectivity index (χ2v) is 8.21. The van der Waals surface area contributed by atoms with Crippen LogP contribution < -0.4 is 16.4 Å². The Morgan fingerprint density at radius 2 is 1.91 bits per heavy atom. The number of carbonyl (C=O) groups is 1. The van der Waals surface area contributed by atoms with Gasteiger partial charge in [0.25, 0.3) is 0 Å². The van der Waals surface area contributed by atoms with Crippen LogP contribution in [0.1, 0.15) is 12.7 Å². The van der Waals surface area contributed by atoms with E-state index in [1.54, 1.807) is 17.9 Å². The first-order valence-corrected chi connectivity index (χ1v) is 11.1. The van der Waals surface area contributed by atoms with Crippen molar-refractivity contribution in [2.24, 2.45) is 0 Å². The number of nitrogens with zero attached hydrogens (tertiary/aromatic N) is 5. The summed E-state index contributed by atoms with van der Waals surface area (Å²) in [6, 6.07) is 14.9. The number of rotatable bonds is 4. The summed E-state index contributed by atoms with van der Waals surface area (Å²) in [6.07, 6.45) is 1.93. The second kappa shape index (κ2) is 8.99. The molecule has 3 aromatic heterocycles. The fraction of sp³-hybridized carbons (Fsp3) is 0.250. The van der Waals surface area contributed by atoms with E-state index in [1.807, 2.05) is 60.0 Å². The summed E-state index contributed by atoms with van der Waals surface area (Å²) in [4.78, 5) is 27.9. The molecule has 10 nitrogen and oxygen atoms in total. The Bertz CT molecular complexity index is 1310. The lowest BCUT2D eigenvalue weighted by Gasteiger charge is -2.33. The second-order valence-electron chi connectivity index (χ2n) is 8.21. The van der Waals surface area contributed by atoms with Crippen LogP contribution in [-0.2, 0) is 4.74 Å². The lowest BCUT2D eigenvalue weighted by atomic mass is 10.2. The molecule has 0 spiro atoms. The predicted octanol–water partition coefficient (Wildman–Crippen LogP) is 3.68. The maximum absolute atomic E-state index is 12.6. The van der Waals surface area contributed by atoms with Crippen molar-refractivity contribution in [1.82, 2.24) is 24.3 Å². The largest absolute Gasteiger partial charge is 0.384 e. The average molecular weight is 459 g/mol. The molecule has 1 saturated heterocycles. The number of amides is 2. The number of hydrogen-bond donors (Lipinski definition) is 3. The van der Waals surface area contributed by atoms with E-state index in [2.05, 4.69) is 20.6 Å². The minimum absolute atomic E-state index is 0.0441. The minimum atomic E-state index is -0.129. The topological polar surface area (TPSA) is 123 Å². The smallest absolute Gasteiger partial charge is 0.322 e. The standard InChI is InChI=1S/C24H26N8O2/c1-15-14-34-12-11-31(15)24(33)29-18-8-6-17(7-9-18)28-23-22(19-13-20(25)27-16(2)26-19)32-10-4-3-5-21(32)30-23/h3-10,13,15,28H,11-12,14H2,1-2H3,(H,29,33)(H2,25,26,27). The van der Waals surface area contributed by atoms with Crippen molar-refractivity contribution < 1.29 is 9.53 Å². The number of hydrogen-bond acceptors (Lipinski definition) is 7. The van der Waals surface area contributed by atoms with E-state index in [4.69, 9.17) is 15.5 Å². The van der Waals surface area contributed by atoms with Crippen LogP contribution in [0.5, 0.6) is 0 Å². The SMILES string of the molecule is Cc1nc(N)cc(-c2c(Nc3ccc(NC(=O)N4CCOCC4C)cc3)nc3ccccn23)n1. The number of imidazole rings is 1. The molecule has 0 radical (unpaired) electrons. The Morgan fingerprint density at radius 3 is 2.68 bits per heavy atom. The molecule has 0 aliphatic carbocycles. The zero-order chi connectivity index (χ0) is 23.7. The number of carbonyl (C=O) groups excluding carboxylic acids is 1. The van der Waals surface area contributed by atoms with Crippen LogP contribution in [0.2, 0.25) is 0 Å². The van der Waals surface area contributed by atoms with Crippen LogP contribution in [0.3, 0.4) is 0 Å². The molecule has 1 aromatic carbocycles. The Balaban J connectivity index is 1.40. The third-order valence-corrected chi connectivity index (χ3v) is 5.66. The van der Waals surface area contributed by atoms with Gasteiger partial charge in [0.15, 0.2) is 5.82 Å². The van der Waals surface area contributed by atoms with E-state index in [0.717, 1.165) is 17.0 Å². The van der Waals surface area contributed by atoms with E-state index in [-0.39, 0.29) is 12.1 Å². The summed E-state index contributed by atoms with van der Waals surface area (Å²) < 4.78 is 7.37. The molecule has 10 heteroatoms. The maximum Gasteiger partial charge on any atom is 0.322 e. The van der Waals surface area contributed by atoms with E-state index in [0.29, 0.717) is 48.6 Å². The average Bonchev–Trinajstić information content (AvgIpc) is 3.18. The molecular formula is C24H26N8O2. The monoisotopic (exact) mass is 458 g/mol. The fourth-order valence-electron chi connectivity index (χ4n) is 4.04. The van der Waals surface area contributed by atoms with Gasteiger partial charge in [-0.05, 0) is 50.2 Å². The van der Waals surface area contributed by atoms with E-state index < -0.39 is 0 Å². The van der Waals surface area contributed by atoms with Gasteiger partial charge in [-0.3, -0.25) is 4.40 Å². The lowest BCUT2D eigenvalue weighted by Crippen LogP contribution is -2.48. The van der Waals surface area contributed by atoms with Gasteiger partial charge in [-0.2, -0.15) is 0 Å². The van der Waals surface area contributed by atoms with Crippen molar-refractivity contribution in [3.63, 3.8) is 0 Å². The highest BCUT2D eigenvalue weighted by Crippen LogP contribution is 2.31. The number of fused-ring (bicyclic) bond motifs is 1. The Kier molecular flexibility index (Phi) is 5.72. The minimum Gasteiger partial charge on any atom is -0.384 e. The van der Waals surface area contributed by atoms with Gasteiger partial charge in [-0.25, -0.2) is 19.7 Å². The van der Waals surface area contributed by atoms with Gasteiger partial charge in [0, 0.05) is 30.2 Å². The number of benzene rings is 1. The van der Waals surface area contributed by atoms with E-state index in [1.165, 1.54) is 0 Å². The van der Waals surface area contributed by atoms with Crippen LogP contribution >= 0.6 is 0 Å². The van der Waals surface area contributed by atoms with Gasteiger partial charge in [0.2, 0.25) is 0 Å². The number of nitrogens with two attached hydrogens (primary N) is 1. The van der Waals surface area contributed by atoms with Crippen molar-refractivity contribution in [2.45, 2.75) is 19.9 Å². The number of aromatic nitrogens is 4. The molecule has 4 N–H and O–H groups in total. The molecule has 1 unspecified atom stereocenters. The third kappa shape index (κ3) is 4.35. The quantitative estimate of drug-likeness (QED) is 0.426. The first kappa shape index (κ1) is 21.7. The zero-order valence-electron chi connectivity index (χ0n) is 19.0. The number of pyridine rings is 1. The van der Waals surface area contributed by atoms with Gasteiger partial charge in [-0.15, -0.1) is 0 Å². The molecule has 0 saturated carbocycles. The van der Waals surface area contributed by atoms with Crippen LogP contribution in [0.4, 0.5) is 27.8 Å². The van der Waals surface area contributed by atoms with Crippen molar-refractivity contribution in [3.05, 3.63) is 60.6 Å². The Labute approximate surface area is 196 Å². The lowest BCUT2D eigenvalue weighted by molar-refractivity contribution is 0.0222. The van der Waals surface area contributed by atoms with Crippen LogP contribution in [0.15, 0.2) is 54.7 Å². The van der Waals surface area contributed by atoms with Gasteiger partial charge < -0.3 is 26.0 Å². The summed E-state index contributed by atoms with van der Waals surface area (Å²) in [5.74, 6) is 1.62. The van der Waals surface area contributed by atoms with Gasteiger partial charge in [-0.1, -0.05) is 6.07 Å². The van der Waals surface area contributed by atoms with Crippen LogP contribution in [-0.4, -0.2) is 56.1 Å². The summed E-state index contributed by atoms with van der Waals surface area (Å²) >= 11 is 0. The number of anilines is 4.